The lowest BCUT2D eigenvalue weighted by atomic mass is 10.0. The second-order valence-corrected chi connectivity index (χ2v) is 5.13. The highest BCUT2D eigenvalue weighted by Gasteiger charge is 2.10. The van der Waals surface area contributed by atoms with Gasteiger partial charge in [-0.25, -0.2) is 0 Å². The number of unbranched alkanes of at least 4 members (excludes halogenated alkanes) is 3. The topological polar surface area (TPSA) is 46.2 Å². The van der Waals surface area contributed by atoms with E-state index < -0.39 is 6.10 Å². The Morgan fingerprint density at radius 3 is 2.82 bits per heavy atom. The first-order valence-corrected chi connectivity index (χ1v) is 6.78. The number of anilines is 1. The molecule has 0 amide bonds. The van der Waals surface area contributed by atoms with E-state index in [0.29, 0.717) is 5.69 Å². The van der Waals surface area contributed by atoms with Crippen LogP contribution in [0, 0.1) is 0 Å². The maximum Gasteiger partial charge on any atom is 0.0810 e. The van der Waals surface area contributed by atoms with E-state index in [-0.39, 0.29) is 0 Å². The van der Waals surface area contributed by atoms with E-state index in [2.05, 4.69) is 22.5 Å². The van der Waals surface area contributed by atoms with E-state index in [1.807, 2.05) is 24.3 Å². The summed E-state index contributed by atoms with van der Waals surface area (Å²) in [6.07, 6.45) is 6.56. The molecular weight excluding hydrogens is 278 g/mol. The van der Waals surface area contributed by atoms with Gasteiger partial charge in [0.2, 0.25) is 0 Å². The van der Waals surface area contributed by atoms with Gasteiger partial charge >= 0.3 is 0 Å². The van der Waals surface area contributed by atoms with Crippen LogP contribution in [-0.2, 0) is 0 Å². The van der Waals surface area contributed by atoms with Crippen molar-refractivity contribution in [3.05, 3.63) is 40.9 Å². The van der Waals surface area contributed by atoms with Gasteiger partial charge in [0.1, 0.15) is 0 Å². The number of halogens is 1. The molecule has 3 N–H and O–H groups in total. The van der Waals surface area contributed by atoms with Crippen LogP contribution in [0.2, 0.25) is 0 Å². The molecule has 2 nitrogen and oxygen atoms in total. The van der Waals surface area contributed by atoms with Crippen molar-refractivity contribution in [2.45, 2.75) is 38.2 Å². The molecule has 1 rings (SSSR count). The number of nitrogen functional groups attached to an aromatic ring is 1. The first kappa shape index (κ1) is 14.3. The minimum atomic E-state index is -0.462. The van der Waals surface area contributed by atoms with Crippen molar-refractivity contribution in [3.8, 4) is 0 Å². The summed E-state index contributed by atoms with van der Waals surface area (Å²) >= 11 is 3.39. The molecule has 0 radical (unpaired) electrons. The van der Waals surface area contributed by atoms with Gasteiger partial charge in [0.05, 0.1) is 6.10 Å². The Bertz CT molecular complexity index is 365. The van der Waals surface area contributed by atoms with Crippen LogP contribution in [0.3, 0.4) is 0 Å². The highest BCUT2D eigenvalue weighted by Crippen LogP contribution is 2.27. The summed E-state index contributed by atoms with van der Waals surface area (Å²) in [7, 11) is 0. The zero-order chi connectivity index (χ0) is 12.7. The van der Waals surface area contributed by atoms with Crippen LogP contribution in [0.4, 0.5) is 5.69 Å². The molecule has 0 aliphatic heterocycles. The maximum atomic E-state index is 10.1. The molecule has 1 aromatic carbocycles. The molecule has 0 spiro atoms. The van der Waals surface area contributed by atoms with E-state index >= 15 is 0 Å². The van der Waals surface area contributed by atoms with E-state index in [1.165, 1.54) is 0 Å². The lowest BCUT2D eigenvalue weighted by molar-refractivity contribution is 0.164. The Morgan fingerprint density at radius 2 is 2.12 bits per heavy atom. The summed E-state index contributed by atoms with van der Waals surface area (Å²) in [6, 6.07) is 5.60. The Balaban J connectivity index is 2.43. The number of rotatable bonds is 7. The zero-order valence-corrected chi connectivity index (χ0v) is 11.6. The Kier molecular flexibility index (Phi) is 6.30. The summed E-state index contributed by atoms with van der Waals surface area (Å²) in [5.74, 6) is 0. The van der Waals surface area contributed by atoms with Crippen LogP contribution >= 0.6 is 15.9 Å². The molecule has 0 bridgehead atoms. The van der Waals surface area contributed by atoms with Gasteiger partial charge in [0.25, 0.3) is 0 Å². The lowest BCUT2D eigenvalue weighted by Crippen LogP contribution is -2.02. The third-order valence-corrected chi connectivity index (χ3v) is 3.29. The maximum absolute atomic E-state index is 10.1. The highest BCUT2D eigenvalue weighted by atomic mass is 79.9. The summed E-state index contributed by atoms with van der Waals surface area (Å²) < 4.78 is 0.951. The van der Waals surface area contributed by atoms with E-state index in [1.54, 1.807) is 0 Å². The predicted octanol–water partition coefficient (Wildman–Crippen LogP) is 4.20. The lowest BCUT2D eigenvalue weighted by Gasteiger charge is -2.13. The van der Waals surface area contributed by atoms with Crippen LogP contribution in [0.1, 0.15) is 43.8 Å². The van der Waals surface area contributed by atoms with Crippen LogP contribution in [0.5, 0.6) is 0 Å². The molecule has 0 heterocycles. The number of aliphatic hydroxyl groups is 1. The van der Waals surface area contributed by atoms with Gasteiger partial charge in [-0.05, 0) is 37.5 Å². The molecule has 0 aliphatic rings. The molecule has 17 heavy (non-hydrogen) atoms. The van der Waals surface area contributed by atoms with Crippen molar-refractivity contribution in [3.63, 3.8) is 0 Å². The van der Waals surface area contributed by atoms with Crippen LogP contribution < -0.4 is 5.73 Å². The number of benzene rings is 1. The summed E-state index contributed by atoms with van der Waals surface area (Å²) in [5.41, 5.74) is 7.33. The summed E-state index contributed by atoms with van der Waals surface area (Å²) in [6.45, 7) is 3.69. The van der Waals surface area contributed by atoms with Gasteiger partial charge in [-0.3, -0.25) is 0 Å². The summed E-state index contributed by atoms with van der Waals surface area (Å²) in [5, 5.41) is 10.1. The average molecular weight is 298 g/mol. The number of allylic oxidation sites excluding steroid dienone is 1. The van der Waals surface area contributed by atoms with Crippen molar-refractivity contribution in [2.24, 2.45) is 0 Å². The molecule has 94 valence electrons. The van der Waals surface area contributed by atoms with Gasteiger partial charge in [-0.2, -0.15) is 0 Å². The molecule has 0 saturated carbocycles. The van der Waals surface area contributed by atoms with Crippen molar-refractivity contribution in [2.75, 3.05) is 5.73 Å². The van der Waals surface area contributed by atoms with E-state index in [4.69, 9.17) is 5.73 Å². The molecule has 1 aromatic rings. The Morgan fingerprint density at radius 1 is 1.35 bits per heavy atom. The van der Waals surface area contributed by atoms with E-state index in [0.717, 1.165) is 42.1 Å². The molecule has 3 heteroatoms. The Hall–Kier alpha value is -0.800. The first-order chi connectivity index (χ1) is 8.15. The molecule has 1 atom stereocenters. The minimum absolute atomic E-state index is 0.462. The molecule has 0 fully saturated rings. The van der Waals surface area contributed by atoms with Crippen LogP contribution in [0.15, 0.2) is 35.3 Å². The highest BCUT2D eigenvalue weighted by molar-refractivity contribution is 9.10. The quantitative estimate of drug-likeness (QED) is 0.450. The standard InChI is InChI=1S/C14H20BrNO/c1-2-3-4-5-6-7-14(17)12-10-11(15)8-9-13(12)16/h2,8-10,14,17H,1,3-7,16H2. The zero-order valence-electron chi connectivity index (χ0n) is 10.0. The first-order valence-electron chi connectivity index (χ1n) is 5.99. The van der Waals surface area contributed by atoms with Crippen molar-refractivity contribution in [1.29, 1.82) is 0 Å². The second-order valence-electron chi connectivity index (χ2n) is 4.22. The molecule has 1 unspecified atom stereocenters. The van der Waals surface area contributed by atoms with Crippen molar-refractivity contribution < 1.29 is 5.11 Å². The summed E-state index contributed by atoms with van der Waals surface area (Å²) in [4.78, 5) is 0. The normalized spacial score (nSPS) is 12.4. The number of aliphatic hydroxyl groups excluding tert-OH is 1. The van der Waals surface area contributed by atoms with Crippen LogP contribution in [-0.4, -0.2) is 5.11 Å². The molecule has 0 saturated heterocycles. The molecular formula is C14H20BrNO. The minimum Gasteiger partial charge on any atom is -0.398 e. The fourth-order valence-corrected chi connectivity index (χ4v) is 2.17. The van der Waals surface area contributed by atoms with Gasteiger partial charge in [-0.1, -0.05) is 34.8 Å². The molecule has 0 aliphatic carbocycles. The predicted molar refractivity (Wildman–Crippen MR) is 76.8 cm³/mol. The van der Waals surface area contributed by atoms with Crippen molar-refractivity contribution >= 4 is 21.6 Å². The monoisotopic (exact) mass is 297 g/mol. The molecule has 0 aromatic heterocycles. The van der Waals surface area contributed by atoms with Gasteiger partial charge in [0.15, 0.2) is 0 Å². The third-order valence-electron chi connectivity index (χ3n) is 2.79. The van der Waals surface area contributed by atoms with Crippen LogP contribution in [0.25, 0.3) is 0 Å². The number of hydrogen-bond donors (Lipinski definition) is 2. The SMILES string of the molecule is C=CCCCCCC(O)c1cc(Br)ccc1N. The average Bonchev–Trinajstić information content (AvgIpc) is 2.32. The van der Waals surface area contributed by atoms with Gasteiger partial charge < -0.3 is 10.8 Å². The van der Waals surface area contributed by atoms with Gasteiger partial charge in [0, 0.05) is 15.7 Å². The number of nitrogens with two attached hydrogens (primary N) is 1. The smallest absolute Gasteiger partial charge is 0.0810 e. The number of hydrogen-bond acceptors (Lipinski definition) is 2. The largest absolute Gasteiger partial charge is 0.398 e. The van der Waals surface area contributed by atoms with E-state index in [9.17, 15) is 5.11 Å². The fourth-order valence-electron chi connectivity index (χ4n) is 1.79. The third kappa shape index (κ3) is 4.92. The second kappa shape index (κ2) is 7.51. The fraction of sp³-hybridized carbons (Fsp3) is 0.429. The van der Waals surface area contributed by atoms with Crippen molar-refractivity contribution in [1.82, 2.24) is 0 Å². The van der Waals surface area contributed by atoms with Gasteiger partial charge in [-0.15, -0.1) is 6.58 Å². The Labute approximate surface area is 112 Å².